The van der Waals surface area contributed by atoms with E-state index in [9.17, 15) is 14.4 Å². The smallest absolute Gasteiger partial charge is 0.417 e. The van der Waals surface area contributed by atoms with Crippen molar-refractivity contribution in [3.05, 3.63) is 0 Å². The number of carbonyl (C=O) groups excluding carboxylic acids is 3. The van der Waals surface area contributed by atoms with Gasteiger partial charge in [-0.05, 0) is 18.8 Å². The maximum absolute atomic E-state index is 11.7. The summed E-state index contributed by atoms with van der Waals surface area (Å²) >= 11 is 0. The number of hydrogen-bond donors (Lipinski definition) is 0. The Morgan fingerprint density at radius 1 is 1.25 bits per heavy atom. The highest BCUT2D eigenvalue weighted by Gasteiger charge is 2.38. The molecule has 110 valence electrons. The molecule has 20 heavy (non-hydrogen) atoms. The van der Waals surface area contributed by atoms with E-state index < -0.39 is 6.09 Å². The molecule has 1 aliphatic carbocycles. The van der Waals surface area contributed by atoms with Gasteiger partial charge in [0.25, 0.3) is 5.91 Å². The van der Waals surface area contributed by atoms with Crippen molar-refractivity contribution in [3.63, 3.8) is 0 Å². The molecule has 3 aliphatic rings. The molecule has 0 N–H and O–H groups in total. The first-order valence-electron chi connectivity index (χ1n) is 7.02. The Kier molecular flexibility index (Phi) is 3.50. The summed E-state index contributed by atoms with van der Waals surface area (Å²) in [6, 6.07) is 0. The molecule has 3 fully saturated rings. The third-order valence-electron chi connectivity index (χ3n) is 4.16. The van der Waals surface area contributed by atoms with Gasteiger partial charge < -0.3 is 14.4 Å². The van der Waals surface area contributed by atoms with Gasteiger partial charge in [-0.2, -0.15) is 0 Å². The Morgan fingerprint density at radius 2 is 2.00 bits per heavy atom. The van der Waals surface area contributed by atoms with Gasteiger partial charge in [-0.25, -0.2) is 14.5 Å². The van der Waals surface area contributed by atoms with Gasteiger partial charge >= 0.3 is 12.2 Å². The lowest BCUT2D eigenvalue weighted by Crippen LogP contribution is -2.54. The molecule has 3 amide bonds. The first kappa shape index (κ1) is 13.2. The Morgan fingerprint density at radius 3 is 2.55 bits per heavy atom. The summed E-state index contributed by atoms with van der Waals surface area (Å²) in [7, 11) is 0. The number of amides is 3. The molecular formula is C13H18N2O5. The molecule has 0 spiro atoms. The van der Waals surface area contributed by atoms with Gasteiger partial charge in [-0.3, -0.25) is 4.79 Å². The largest absolute Gasteiger partial charge is 0.449 e. The lowest BCUT2D eigenvalue weighted by atomic mass is 9.86. The van der Waals surface area contributed by atoms with Gasteiger partial charge in [0.15, 0.2) is 6.61 Å². The predicted molar refractivity (Wildman–Crippen MR) is 66.8 cm³/mol. The molecule has 0 aromatic heterocycles. The third kappa shape index (κ3) is 2.57. The van der Waals surface area contributed by atoms with Gasteiger partial charge in [-0.15, -0.1) is 0 Å². The monoisotopic (exact) mass is 282 g/mol. The van der Waals surface area contributed by atoms with E-state index in [0.29, 0.717) is 32.2 Å². The SMILES string of the molecule is O=C(OCC1CCC1)N1CC(CN2C(=O)COC2=O)C1. The topological polar surface area (TPSA) is 76.2 Å². The second-order valence-corrected chi connectivity index (χ2v) is 5.70. The van der Waals surface area contributed by atoms with Crippen LogP contribution in [0.15, 0.2) is 0 Å². The zero-order valence-electron chi connectivity index (χ0n) is 11.2. The maximum Gasteiger partial charge on any atom is 0.417 e. The predicted octanol–water partition coefficient (Wildman–Crippen LogP) is 0.834. The summed E-state index contributed by atoms with van der Waals surface area (Å²) in [6.07, 6.45) is 2.66. The molecule has 2 heterocycles. The van der Waals surface area contributed by atoms with Crippen molar-refractivity contribution in [1.82, 2.24) is 9.80 Å². The normalized spacial score (nSPS) is 23.4. The average molecular weight is 282 g/mol. The number of rotatable bonds is 4. The molecule has 3 rings (SSSR count). The minimum absolute atomic E-state index is 0.126. The van der Waals surface area contributed by atoms with Gasteiger partial charge in [0.05, 0.1) is 6.61 Å². The highest BCUT2D eigenvalue weighted by atomic mass is 16.6. The quantitative estimate of drug-likeness (QED) is 0.763. The average Bonchev–Trinajstić information content (AvgIpc) is 2.61. The summed E-state index contributed by atoms with van der Waals surface area (Å²) in [5, 5.41) is 0. The lowest BCUT2D eigenvalue weighted by Gasteiger charge is -2.39. The minimum Gasteiger partial charge on any atom is -0.449 e. The third-order valence-corrected chi connectivity index (χ3v) is 4.16. The Balaban J connectivity index is 1.36. The van der Waals surface area contributed by atoms with Crippen molar-refractivity contribution in [2.24, 2.45) is 11.8 Å². The van der Waals surface area contributed by atoms with Crippen molar-refractivity contribution < 1.29 is 23.9 Å². The molecule has 0 unspecified atom stereocenters. The second-order valence-electron chi connectivity index (χ2n) is 5.70. The maximum atomic E-state index is 11.7. The molecular weight excluding hydrogens is 264 g/mol. The molecule has 0 atom stereocenters. The number of carbonyl (C=O) groups is 3. The van der Waals surface area contributed by atoms with Gasteiger partial charge in [0.2, 0.25) is 0 Å². The number of ether oxygens (including phenoxy) is 2. The number of hydrogen-bond acceptors (Lipinski definition) is 5. The molecule has 0 bridgehead atoms. The first-order valence-corrected chi connectivity index (χ1v) is 7.02. The van der Waals surface area contributed by atoms with Gasteiger partial charge in [0, 0.05) is 25.6 Å². The van der Waals surface area contributed by atoms with E-state index in [2.05, 4.69) is 4.74 Å². The molecule has 2 aliphatic heterocycles. The Labute approximate surface area is 116 Å². The fourth-order valence-electron chi connectivity index (χ4n) is 2.59. The van der Waals surface area contributed by atoms with Crippen LogP contribution in [0.5, 0.6) is 0 Å². The summed E-state index contributed by atoms with van der Waals surface area (Å²) in [5.41, 5.74) is 0. The van der Waals surface area contributed by atoms with Gasteiger partial charge in [-0.1, -0.05) is 6.42 Å². The molecule has 1 saturated carbocycles. The highest BCUT2D eigenvalue weighted by Crippen LogP contribution is 2.27. The van der Waals surface area contributed by atoms with Crippen LogP contribution < -0.4 is 0 Å². The molecule has 0 aromatic rings. The van der Waals surface area contributed by atoms with Crippen LogP contribution in [0, 0.1) is 11.8 Å². The fraction of sp³-hybridized carbons (Fsp3) is 0.769. The number of imide groups is 1. The van der Waals surface area contributed by atoms with Crippen LogP contribution in [0.3, 0.4) is 0 Å². The first-order chi connectivity index (χ1) is 9.63. The van der Waals surface area contributed by atoms with E-state index in [1.807, 2.05) is 0 Å². The van der Waals surface area contributed by atoms with Gasteiger partial charge in [0.1, 0.15) is 0 Å². The minimum atomic E-state index is -0.582. The van der Waals surface area contributed by atoms with Crippen molar-refractivity contribution >= 4 is 18.1 Å². The fourth-order valence-corrected chi connectivity index (χ4v) is 2.59. The van der Waals surface area contributed by atoms with E-state index in [1.165, 1.54) is 6.42 Å². The van der Waals surface area contributed by atoms with E-state index in [4.69, 9.17) is 4.74 Å². The van der Waals surface area contributed by atoms with Crippen LogP contribution in [0.25, 0.3) is 0 Å². The zero-order valence-corrected chi connectivity index (χ0v) is 11.2. The molecule has 2 saturated heterocycles. The lowest BCUT2D eigenvalue weighted by molar-refractivity contribution is -0.126. The summed E-state index contributed by atoms with van der Waals surface area (Å²) < 4.78 is 9.86. The zero-order chi connectivity index (χ0) is 14.1. The van der Waals surface area contributed by atoms with Crippen molar-refractivity contribution in [3.8, 4) is 0 Å². The number of cyclic esters (lactones) is 1. The second kappa shape index (κ2) is 5.30. The molecule has 0 aromatic carbocycles. The summed E-state index contributed by atoms with van der Waals surface area (Å²) in [6.45, 7) is 1.72. The molecule has 7 nitrogen and oxygen atoms in total. The summed E-state index contributed by atoms with van der Waals surface area (Å²) in [5.74, 6) is 0.356. The van der Waals surface area contributed by atoms with E-state index in [0.717, 1.165) is 17.7 Å². The van der Waals surface area contributed by atoms with Crippen molar-refractivity contribution in [1.29, 1.82) is 0 Å². The summed E-state index contributed by atoms with van der Waals surface area (Å²) in [4.78, 5) is 37.1. The van der Waals surface area contributed by atoms with Crippen molar-refractivity contribution in [2.75, 3.05) is 32.8 Å². The van der Waals surface area contributed by atoms with Crippen molar-refractivity contribution in [2.45, 2.75) is 19.3 Å². The molecule has 0 radical (unpaired) electrons. The number of nitrogens with zero attached hydrogens (tertiary/aromatic N) is 2. The van der Waals surface area contributed by atoms with Crippen LogP contribution in [-0.2, 0) is 14.3 Å². The highest BCUT2D eigenvalue weighted by molar-refractivity contribution is 5.97. The van der Waals surface area contributed by atoms with Crippen LogP contribution in [0.2, 0.25) is 0 Å². The van der Waals surface area contributed by atoms with Crippen LogP contribution in [-0.4, -0.2) is 60.7 Å². The van der Waals surface area contributed by atoms with Crippen LogP contribution in [0.1, 0.15) is 19.3 Å². The van der Waals surface area contributed by atoms with E-state index >= 15 is 0 Å². The van der Waals surface area contributed by atoms with Crippen LogP contribution >= 0.6 is 0 Å². The Hall–Kier alpha value is -1.79. The van der Waals surface area contributed by atoms with Crippen LogP contribution in [0.4, 0.5) is 9.59 Å². The molecule has 7 heteroatoms. The number of likely N-dealkylation sites (tertiary alicyclic amines) is 1. The standard InChI is InChI=1S/C13H18N2O5/c16-11-8-20-13(18)15(11)6-10-4-14(5-10)12(17)19-7-9-2-1-3-9/h9-10H,1-8H2. The Bertz CT molecular complexity index is 412. The van der Waals surface area contributed by atoms with E-state index in [1.54, 1.807) is 4.90 Å². The van der Waals surface area contributed by atoms with E-state index in [-0.39, 0.29) is 24.5 Å².